The van der Waals surface area contributed by atoms with Crippen molar-refractivity contribution >= 4 is 65.0 Å². The van der Waals surface area contributed by atoms with Gasteiger partial charge in [-0.2, -0.15) is 13.2 Å². The SMILES string of the molecule is FC(F)(F)c1cc2nc(-c3ccccc3)c(-c3ccccc3)nc2c2c1c(-c1cccc(-c3ccc4c5ccccc5c5ccccc5c4c3)c1)nc1ccccc12. The number of fused-ring (bicyclic) bond motifs is 11. The Bertz CT molecular complexity index is 3400. The van der Waals surface area contributed by atoms with E-state index in [0.717, 1.165) is 44.5 Å². The number of benzene rings is 9. The summed E-state index contributed by atoms with van der Waals surface area (Å²) in [4.78, 5) is 15.2. The molecule has 6 heteroatoms. The molecule has 9 aromatic carbocycles. The van der Waals surface area contributed by atoms with Crippen molar-refractivity contribution in [1.29, 1.82) is 0 Å². The van der Waals surface area contributed by atoms with Gasteiger partial charge in [-0.05, 0) is 67.7 Å². The van der Waals surface area contributed by atoms with Gasteiger partial charge in [0, 0.05) is 32.8 Å². The first kappa shape index (κ1) is 33.9. The van der Waals surface area contributed by atoms with Gasteiger partial charge >= 0.3 is 6.18 Å². The van der Waals surface area contributed by atoms with Crippen LogP contribution >= 0.6 is 0 Å². The Morgan fingerprint density at radius 2 is 0.793 bits per heavy atom. The van der Waals surface area contributed by atoms with Gasteiger partial charge in [0.25, 0.3) is 0 Å². The van der Waals surface area contributed by atoms with Crippen molar-refractivity contribution in [2.24, 2.45) is 0 Å². The largest absolute Gasteiger partial charge is 0.417 e. The fourth-order valence-corrected chi connectivity index (χ4v) is 8.62. The standard InChI is InChI=1S/C52H30F3N3/c53-52(54,55)43-30-45-51(58-50(32-16-5-2-6-17-32)49(57-45)31-14-3-1-4-15-31)46-41-24-11-12-25-44(41)56-48(47(43)46)35-19-13-18-33(28-35)34-26-27-40-38-22-8-7-20-36(38)37-21-9-10-23-39(37)42(40)29-34/h1-30H. The van der Waals surface area contributed by atoms with Crippen LogP contribution in [0.2, 0.25) is 0 Å². The molecule has 0 aliphatic carbocycles. The maximum Gasteiger partial charge on any atom is 0.417 e. The maximum atomic E-state index is 15.6. The van der Waals surface area contributed by atoms with Crippen molar-refractivity contribution in [3.63, 3.8) is 0 Å². The zero-order valence-electron chi connectivity index (χ0n) is 30.8. The lowest BCUT2D eigenvalue weighted by atomic mass is 9.90. The van der Waals surface area contributed by atoms with E-state index in [-0.39, 0.29) is 16.6 Å². The Morgan fingerprint density at radius 1 is 0.310 bits per heavy atom. The normalized spacial score (nSPS) is 12.1. The first-order valence-electron chi connectivity index (χ1n) is 19.1. The zero-order chi connectivity index (χ0) is 39.0. The summed E-state index contributed by atoms with van der Waals surface area (Å²) in [6, 6.07) is 58.6. The van der Waals surface area contributed by atoms with Crippen molar-refractivity contribution in [2.45, 2.75) is 6.18 Å². The highest BCUT2D eigenvalue weighted by Gasteiger charge is 2.36. The minimum absolute atomic E-state index is 0.00685. The molecule has 3 nitrogen and oxygen atoms in total. The van der Waals surface area contributed by atoms with Crippen LogP contribution < -0.4 is 0 Å². The first-order valence-corrected chi connectivity index (χ1v) is 19.1. The summed E-state index contributed by atoms with van der Waals surface area (Å²) in [5, 5.41) is 7.86. The van der Waals surface area contributed by atoms with E-state index in [0.29, 0.717) is 38.8 Å². The van der Waals surface area contributed by atoms with E-state index in [1.807, 2.05) is 109 Å². The Morgan fingerprint density at radius 3 is 1.43 bits per heavy atom. The monoisotopic (exact) mass is 753 g/mol. The van der Waals surface area contributed by atoms with E-state index in [1.54, 1.807) is 0 Å². The van der Waals surface area contributed by atoms with Gasteiger partial charge in [-0.25, -0.2) is 15.0 Å². The van der Waals surface area contributed by atoms with Gasteiger partial charge in [-0.1, -0.05) is 158 Å². The molecule has 0 bridgehead atoms. The number of para-hydroxylation sites is 1. The van der Waals surface area contributed by atoms with Crippen LogP contribution in [0.15, 0.2) is 182 Å². The Balaban J connectivity index is 1.20. The zero-order valence-corrected chi connectivity index (χ0v) is 30.8. The minimum atomic E-state index is -4.72. The second-order valence-corrected chi connectivity index (χ2v) is 14.6. The van der Waals surface area contributed by atoms with Crippen LogP contribution in [0.3, 0.4) is 0 Å². The molecular formula is C52H30F3N3. The smallest absolute Gasteiger partial charge is 0.247 e. The molecule has 2 aromatic heterocycles. The highest BCUT2D eigenvalue weighted by atomic mass is 19.4. The van der Waals surface area contributed by atoms with Gasteiger partial charge in [0.05, 0.1) is 39.2 Å². The number of hydrogen-bond acceptors (Lipinski definition) is 3. The van der Waals surface area contributed by atoms with E-state index >= 15 is 13.2 Å². The van der Waals surface area contributed by atoms with Crippen molar-refractivity contribution < 1.29 is 13.2 Å². The molecular weight excluding hydrogens is 724 g/mol. The lowest BCUT2D eigenvalue weighted by Gasteiger charge is -2.19. The molecule has 58 heavy (non-hydrogen) atoms. The van der Waals surface area contributed by atoms with E-state index in [1.165, 1.54) is 16.2 Å². The number of aromatic nitrogens is 3. The van der Waals surface area contributed by atoms with E-state index in [2.05, 4.69) is 66.7 Å². The van der Waals surface area contributed by atoms with Crippen LogP contribution in [0.5, 0.6) is 0 Å². The fraction of sp³-hybridized carbons (Fsp3) is 0.0192. The highest BCUT2D eigenvalue weighted by Crippen LogP contribution is 2.46. The van der Waals surface area contributed by atoms with Crippen molar-refractivity contribution in [3.05, 3.63) is 188 Å². The van der Waals surface area contributed by atoms with Gasteiger partial charge in [-0.3, -0.25) is 0 Å². The molecule has 274 valence electrons. The Kier molecular flexibility index (Phi) is 7.63. The third-order valence-electron chi connectivity index (χ3n) is 11.2. The summed E-state index contributed by atoms with van der Waals surface area (Å²) in [7, 11) is 0. The number of pyridine rings is 1. The molecule has 0 fully saturated rings. The summed E-state index contributed by atoms with van der Waals surface area (Å²) in [5.74, 6) is 0. The van der Waals surface area contributed by atoms with Crippen LogP contribution in [-0.2, 0) is 6.18 Å². The first-order chi connectivity index (χ1) is 28.4. The number of nitrogens with zero attached hydrogens (tertiary/aromatic N) is 3. The third-order valence-corrected chi connectivity index (χ3v) is 11.2. The summed E-state index contributed by atoms with van der Waals surface area (Å²) in [5.41, 5.74) is 5.58. The number of hydrogen-bond donors (Lipinski definition) is 0. The highest BCUT2D eigenvalue weighted by molar-refractivity contribution is 6.26. The van der Waals surface area contributed by atoms with E-state index in [9.17, 15) is 0 Å². The van der Waals surface area contributed by atoms with Crippen molar-refractivity contribution in [3.8, 4) is 44.9 Å². The quantitative estimate of drug-likeness (QED) is 0.168. The van der Waals surface area contributed by atoms with Crippen LogP contribution in [0.25, 0.3) is 110 Å². The molecule has 0 saturated carbocycles. The second kappa shape index (κ2) is 13.1. The second-order valence-electron chi connectivity index (χ2n) is 14.6. The molecule has 11 aromatic rings. The molecule has 0 radical (unpaired) electrons. The van der Waals surface area contributed by atoms with E-state index < -0.39 is 11.7 Å². The minimum Gasteiger partial charge on any atom is -0.247 e. The molecule has 0 unspecified atom stereocenters. The van der Waals surface area contributed by atoms with Crippen LogP contribution in [0, 0.1) is 0 Å². The summed E-state index contributed by atoms with van der Waals surface area (Å²) < 4.78 is 46.7. The van der Waals surface area contributed by atoms with Gasteiger partial charge in [0.15, 0.2) is 0 Å². The molecule has 0 atom stereocenters. The third kappa shape index (κ3) is 5.40. The topological polar surface area (TPSA) is 38.7 Å². The van der Waals surface area contributed by atoms with Crippen LogP contribution in [-0.4, -0.2) is 15.0 Å². The van der Waals surface area contributed by atoms with Gasteiger partial charge in [-0.15, -0.1) is 0 Å². The molecule has 0 saturated heterocycles. The summed E-state index contributed by atoms with van der Waals surface area (Å²) >= 11 is 0. The Labute approximate surface area is 330 Å². The van der Waals surface area contributed by atoms with Crippen molar-refractivity contribution in [1.82, 2.24) is 15.0 Å². The number of halogens is 3. The summed E-state index contributed by atoms with van der Waals surface area (Å²) in [6.45, 7) is 0. The molecule has 0 spiro atoms. The van der Waals surface area contributed by atoms with Crippen molar-refractivity contribution in [2.75, 3.05) is 0 Å². The molecule has 11 rings (SSSR count). The van der Waals surface area contributed by atoms with Gasteiger partial charge in [0.2, 0.25) is 0 Å². The van der Waals surface area contributed by atoms with E-state index in [4.69, 9.17) is 15.0 Å². The predicted octanol–water partition coefficient (Wildman–Crippen LogP) is 14.5. The average molecular weight is 754 g/mol. The average Bonchev–Trinajstić information content (AvgIpc) is 3.28. The number of rotatable bonds is 4. The maximum absolute atomic E-state index is 15.6. The fourth-order valence-electron chi connectivity index (χ4n) is 8.62. The van der Waals surface area contributed by atoms with Crippen LogP contribution in [0.1, 0.15) is 5.56 Å². The lowest BCUT2D eigenvalue weighted by Crippen LogP contribution is -2.09. The lowest BCUT2D eigenvalue weighted by molar-refractivity contribution is -0.136. The molecule has 0 aliphatic rings. The summed E-state index contributed by atoms with van der Waals surface area (Å²) in [6.07, 6.45) is -4.72. The molecule has 2 heterocycles. The molecule has 0 aliphatic heterocycles. The Hall–Kier alpha value is -7.44. The van der Waals surface area contributed by atoms with Gasteiger partial charge < -0.3 is 0 Å². The number of alkyl halides is 3. The molecule has 0 amide bonds. The predicted molar refractivity (Wildman–Crippen MR) is 232 cm³/mol. The molecule has 0 N–H and O–H groups in total. The van der Waals surface area contributed by atoms with Crippen LogP contribution in [0.4, 0.5) is 13.2 Å². The van der Waals surface area contributed by atoms with Gasteiger partial charge in [0.1, 0.15) is 0 Å².